The molecule has 0 atom stereocenters. The van der Waals surface area contributed by atoms with Crippen LogP contribution in [0.2, 0.25) is 0 Å². The summed E-state index contributed by atoms with van der Waals surface area (Å²) in [7, 11) is 2.16. The third kappa shape index (κ3) is 4.22. The van der Waals surface area contributed by atoms with Gasteiger partial charge >= 0.3 is 0 Å². The predicted molar refractivity (Wildman–Crippen MR) is 63.8 cm³/mol. The highest BCUT2D eigenvalue weighted by atomic mass is 32.1. The fourth-order valence-electron chi connectivity index (χ4n) is 1.14. The number of likely N-dealkylation sites (N-methyl/N-ethyl adjacent to an activating group) is 1. The first-order chi connectivity index (χ1) is 6.70. The lowest BCUT2D eigenvalue weighted by Gasteiger charge is -2.20. The molecular weight excluding hydrogens is 192 g/mol. The summed E-state index contributed by atoms with van der Waals surface area (Å²) in [6.45, 7) is 7.61. The van der Waals surface area contributed by atoms with Gasteiger partial charge in [0.25, 0.3) is 0 Å². The zero-order valence-electron chi connectivity index (χ0n) is 9.29. The van der Waals surface area contributed by atoms with E-state index in [0.717, 1.165) is 19.6 Å². The topological polar surface area (TPSA) is 15.3 Å². The summed E-state index contributed by atoms with van der Waals surface area (Å²) in [6, 6.07) is 2.81. The van der Waals surface area contributed by atoms with Gasteiger partial charge in [-0.1, -0.05) is 0 Å². The first-order valence-electron chi connectivity index (χ1n) is 5.12. The average molecular weight is 212 g/mol. The van der Waals surface area contributed by atoms with Crippen molar-refractivity contribution >= 4 is 11.3 Å². The summed E-state index contributed by atoms with van der Waals surface area (Å²) < 4.78 is 0. The lowest BCUT2D eigenvalue weighted by atomic mass is 10.3. The maximum atomic E-state index is 3.44. The molecule has 2 nitrogen and oxygen atoms in total. The molecule has 1 N–H and O–H groups in total. The van der Waals surface area contributed by atoms with E-state index in [9.17, 15) is 0 Å². The minimum absolute atomic E-state index is 0.637. The van der Waals surface area contributed by atoms with E-state index in [1.165, 1.54) is 5.56 Å². The summed E-state index contributed by atoms with van der Waals surface area (Å²) in [5.74, 6) is 0. The maximum Gasteiger partial charge on any atom is 0.0214 e. The molecule has 0 saturated carbocycles. The molecule has 80 valence electrons. The third-order valence-electron chi connectivity index (χ3n) is 2.43. The second-order valence-electron chi connectivity index (χ2n) is 3.88. The Labute approximate surface area is 90.9 Å². The van der Waals surface area contributed by atoms with Gasteiger partial charge in [-0.3, -0.25) is 0 Å². The van der Waals surface area contributed by atoms with Crippen LogP contribution < -0.4 is 5.32 Å². The van der Waals surface area contributed by atoms with E-state index in [-0.39, 0.29) is 0 Å². The van der Waals surface area contributed by atoms with Crippen molar-refractivity contribution in [3.05, 3.63) is 22.4 Å². The number of hydrogen-bond donors (Lipinski definition) is 1. The van der Waals surface area contributed by atoms with Crippen LogP contribution in [0.1, 0.15) is 19.4 Å². The minimum atomic E-state index is 0.637. The number of nitrogens with one attached hydrogen (secondary N) is 1. The van der Waals surface area contributed by atoms with Crippen molar-refractivity contribution in [1.29, 1.82) is 0 Å². The van der Waals surface area contributed by atoms with Gasteiger partial charge < -0.3 is 10.2 Å². The molecule has 0 amide bonds. The molecule has 1 aromatic heterocycles. The van der Waals surface area contributed by atoms with Crippen molar-refractivity contribution in [1.82, 2.24) is 10.2 Å². The lowest BCUT2D eigenvalue weighted by molar-refractivity contribution is 0.273. The zero-order valence-corrected chi connectivity index (χ0v) is 10.1. The molecule has 0 radical (unpaired) electrons. The molecule has 0 aliphatic carbocycles. The van der Waals surface area contributed by atoms with Gasteiger partial charge in [0, 0.05) is 25.7 Å². The van der Waals surface area contributed by atoms with Gasteiger partial charge in [0.15, 0.2) is 0 Å². The molecule has 0 spiro atoms. The van der Waals surface area contributed by atoms with Crippen molar-refractivity contribution in [3.63, 3.8) is 0 Å². The van der Waals surface area contributed by atoms with Crippen LogP contribution in [0.25, 0.3) is 0 Å². The van der Waals surface area contributed by atoms with Gasteiger partial charge in [0.2, 0.25) is 0 Å². The SMILES string of the molecule is CC(C)N(C)CCNCc1ccsc1. The summed E-state index contributed by atoms with van der Waals surface area (Å²) in [4.78, 5) is 2.35. The van der Waals surface area contributed by atoms with Gasteiger partial charge in [-0.2, -0.15) is 11.3 Å². The fourth-order valence-corrected chi connectivity index (χ4v) is 1.81. The van der Waals surface area contributed by atoms with Crippen LogP contribution in [-0.4, -0.2) is 31.1 Å². The van der Waals surface area contributed by atoms with E-state index in [1.54, 1.807) is 11.3 Å². The molecule has 0 unspecified atom stereocenters. The van der Waals surface area contributed by atoms with E-state index < -0.39 is 0 Å². The smallest absolute Gasteiger partial charge is 0.0214 e. The first-order valence-corrected chi connectivity index (χ1v) is 6.06. The highest BCUT2D eigenvalue weighted by Gasteiger charge is 2.01. The Morgan fingerprint density at radius 3 is 2.86 bits per heavy atom. The van der Waals surface area contributed by atoms with Crippen LogP contribution in [0.3, 0.4) is 0 Å². The number of thiophene rings is 1. The molecule has 0 aliphatic heterocycles. The molecule has 0 bridgehead atoms. The molecule has 0 fully saturated rings. The van der Waals surface area contributed by atoms with Gasteiger partial charge in [-0.05, 0) is 43.3 Å². The minimum Gasteiger partial charge on any atom is -0.311 e. The summed E-state index contributed by atoms with van der Waals surface area (Å²) in [6.07, 6.45) is 0. The molecule has 1 rings (SSSR count). The second-order valence-corrected chi connectivity index (χ2v) is 4.66. The van der Waals surface area contributed by atoms with E-state index in [2.05, 4.69) is 47.9 Å². The van der Waals surface area contributed by atoms with E-state index in [1.807, 2.05) is 0 Å². The Bertz CT molecular complexity index is 231. The molecule has 1 heterocycles. The number of rotatable bonds is 6. The van der Waals surface area contributed by atoms with Crippen molar-refractivity contribution in [2.24, 2.45) is 0 Å². The standard InChI is InChI=1S/C11H20N2S/c1-10(2)13(3)6-5-12-8-11-4-7-14-9-11/h4,7,9-10,12H,5-6,8H2,1-3H3. The average Bonchev–Trinajstić information content (AvgIpc) is 2.64. The van der Waals surface area contributed by atoms with Crippen molar-refractivity contribution in [2.45, 2.75) is 26.4 Å². The van der Waals surface area contributed by atoms with E-state index in [4.69, 9.17) is 0 Å². The van der Waals surface area contributed by atoms with Gasteiger partial charge in [0.05, 0.1) is 0 Å². The lowest BCUT2D eigenvalue weighted by Crippen LogP contribution is -2.33. The molecule has 0 aliphatic rings. The van der Waals surface area contributed by atoms with Crippen molar-refractivity contribution < 1.29 is 0 Å². The van der Waals surface area contributed by atoms with Gasteiger partial charge in [-0.15, -0.1) is 0 Å². The van der Waals surface area contributed by atoms with Crippen LogP contribution in [0.15, 0.2) is 16.8 Å². The highest BCUT2D eigenvalue weighted by Crippen LogP contribution is 2.04. The number of hydrogen-bond acceptors (Lipinski definition) is 3. The van der Waals surface area contributed by atoms with E-state index in [0.29, 0.717) is 6.04 Å². The molecule has 0 saturated heterocycles. The predicted octanol–water partition coefficient (Wildman–Crippen LogP) is 2.18. The van der Waals surface area contributed by atoms with E-state index >= 15 is 0 Å². The molecule has 1 aromatic rings. The summed E-state index contributed by atoms with van der Waals surface area (Å²) in [5, 5.41) is 7.75. The Hall–Kier alpha value is -0.380. The molecular formula is C11H20N2S. The fraction of sp³-hybridized carbons (Fsp3) is 0.636. The maximum absolute atomic E-state index is 3.44. The number of nitrogens with zero attached hydrogens (tertiary/aromatic N) is 1. The van der Waals surface area contributed by atoms with Crippen LogP contribution in [0.4, 0.5) is 0 Å². The Morgan fingerprint density at radius 1 is 1.50 bits per heavy atom. The van der Waals surface area contributed by atoms with Crippen molar-refractivity contribution in [2.75, 3.05) is 20.1 Å². The Balaban J connectivity index is 2.05. The summed E-state index contributed by atoms with van der Waals surface area (Å²) >= 11 is 1.76. The normalized spacial score (nSPS) is 11.5. The Morgan fingerprint density at radius 2 is 2.29 bits per heavy atom. The monoisotopic (exact) mass is 212 g/mol. The van der Waals surface area contributed by atoms with Crippen LogP contribution in [-0.2, 0) is 6.54 Å². The Kier molecular flexibility index (Phi) is 5.15. The summed E-state index contributed by atoms with van der Waals surface area (Å²) in [5.41, 5.74) is 1.39. The second kappa shape index (κ2) is 6.17. The van der Waals surface area contributed by atoms with Crippen LogP contribution in [0.5, 0.6) is 0 Å². The molecule has 14 heavy (non-hydrogen) atoms. The van der Waals surface area contributed by atoms with Gasteiger partial charge in [-0.25, -0.2) is 0 Å². The first kappa shape index (κ1) is 11.7. The van der Waals surface area contributed by atoms with Crippen LogP contribution >= 0.6 is 11.3 Å². The van der Waals surface area contributed by atoms with Crippen molar-refractivity contribution in [3.8, 4) is 0 Å². The largest absolute Gasteiger partial charge is 0.311 e. The molecule has 0 aromatic carbocycles. The quantitative estimate of drug-likeness (QED) is 0.727. The highest BCUT2D eigenvalue weighted by molar-refractivity contribution is 7.07. The van der Waals surface area contributed by atoms with Crippen LogP contribution in [0, 0.1) is 0 Å². The molecule has 3 heteroatoms. The zero-order chi connectivity index (χ0) is 10.4. The third-order valence-corrected chi connectivity index (χ3v) is 3.16. The van der Waals surface area contributed by atoms with Gasteiger partial charge in [0.1, 0.15) is 0 Å².